The minimum atomic E-state index is -0.275. The van der Waals surface area contributed by atoms with Gasteiger partial charge in [-0.1, -0.05) is 13.8 Å². The van der Waals surface area contributed by atoms with Crippen LogP contribution in [0.4, 0.5) is 4.39 Å². The quantitative estimate of drug-likeness (QED) is 0.910. The molecule has 92 valence electrons. The van der Waals surface area contributed by atoms with Gasteiger partial charge in [-0.3, -0.25) is 0 Å². The highest BCUT2D eigenvalue weighted by Crippen LogP contribution is 2.21. The van der Waals surface area contributed by atoms with Gasteiger partial charge in [-0.15, -0.1) is 0 Å². The molecule has 0 unspecified atom stereocenters. The van der Waals surface area contributed by atoms with Crippen LogP contribution >= 0.6 is 15.9 Å². The average Bonchev–Trinajstić information content (AvgIpc) is 2.60. The zero-order valence-electron chi connectivity index (χ0n) is 9.85. The number of nitrogens with zero attached hydrogens (tertiary/aromatic N) is 1. The summed E-state index contributed by atoms with van der Waals surface area (Å²) in [5, 5.41) is 3.29. The van der Waals surface area contributed by atoms with E-state index >= 15 is 0 Å². The van der Waals surface area contributed by atoms with Gasteiger partial charge in [0, 0.05) is 6.07 Å². The fraction of sp³-hybridized carbons (Fsp3) is 0.417. The maximum atomic E-state index is 13.3. The Kier molecular flexibility index (Phi) is 3.79. The predicted molar refractivity (Wildman–Crippen MR) is 70.3 cm³/mol. The Bertz CT molecular complexity index is 483. The lowest BCUT2D eigenvalue weighted by molar-refractivity contribution is 0.545. The van der Waals surface area contributed by atoms with E-state index in [-0.39, 0.29) is 5.82 Å². The first kappa shape index (κ1) is 12.5. The minimum absolute atomic E-state index is 0.275. The standard InChI is InChI=1S/C12H15BrFN3/c1-7(2)5-15-6-12-16-10-3-8(13)9(14)4-11(10)17-12/h3-4,7,15H,5-6H2,1-2H3,(H,16,17). The third-order valence-corrected chi connectivity index (χ3v) is 3.03. The summed E-state index contributed by atoms with van der Waals surface area (Å²) in [6.07, 6.45) is 0. The first-order chi connectivity index (χ1) is 8.06. The van der Waals surface area contributed by atoms with Gasteiger partial charge in [-0.25, -0.2) is 9.37 Å². The highest BCUT2D eigenvalue weighted by Gasteiger charge is 2.07. The van der Waals surface area contributed by atoms with Gasteiger partial charge >= 0.3 is 0 Å². The van der Waals surface area contributed by atoms with Gasteiger partial charge < -0.3 is 10.3 Å². The normalized spacial score (nSPS) is 11.6. The van der Waals surface area contributed by atoms with Crippen LogP contribution in [0.5, 0.6) is 0 Å². The van der Waals surface area contributed by atoms with Gasteiger partial charge in [0.25, 0.3) is 0 Å². The molecule has 2 N–H and O–H groups in total. The van der Waals surface area contributed by atoms with Crippen LogP contribution in [-0.4, -0.2) is 16.5 Å². The van der Waals surface area contributed by atoms with Crippen molar-refractivity contribution < 1.29 is 4.39 Å². The van der Waals surface area contributed by atoms with E-state index in [1.165, 1.54) is 6.07 Å². The van der Waals surface area contributed by atoms with Crippen molar-refractivity contribution in [2.75, 3.05) is 6.54 Å². The molecule has 2 rings (SSSR count). The molecule has 1 heterocycles. The summed E-state index contributed by atoms with van der Waals surface area (Å²) in [6, 6.07) is 3.14. The molecule has 0 spiro atoms. The van der Waals surface area contributed by atoms with Crippen LogP contribution in [0.25, 0.3) is 11.0 Å². The van der Waals surface area contributed by atoms with Crippen molar-refractivity contribution in [1.82, 2.24) is 15.3 Å². The maximum absolute atomic E-state index is 13.3. The van der Waals surface area contributed by atoms with E-state index < -0.39 is 0 Å². The maximum Gasteiger partial charge on any atom is 0.139 e. The highest BCUT2D eigenvalue weighted by atomic mass is 79.9. The van der Waals surface area contributed by atoms with Crippen LogP contribution in [0.15, 0.2) is 16.6 Å². The number of halogens is 2. The lowest BCUT2D eigenvalue weighted by atomic mass is 10.2. The summed E-state index contributed by atoms with van der Waals surface area (Å²) in [5.74, 6) is 1.16. The lowest BCUT2D eigenvalue weighted by Gasteiger charge is -2.04. The topological polar surface area (TPSA) is 40.7 Å². The van der Waals surface area contributed by atoms with E-state index in [0.29, 0.717) is 16.9 Å². The molecule has 3 nitrogen and oxygen atoms in total. The van der Waals surface area contributed by atoms with Crippen molar-refractivity contribution in [1.29, 1.82) is 0 Å². The molecule has 0 atom stereocenters. The molecule has 5 heteroatoms. The third-order valence-electron chi connectivity index (χ3n) is 2.42. The second kappa shape index (κ2) is 5.14. The van der Waals surface area contributed by atoms with Crippen LogP contribution in [0.1, 0.15) is 19.7 Å². The monoisotopic (exact) mass is 299 g/mol. The van der Waals surface area contributed by atoms with E-state index in [1.807, 2.05) is 0 Å². The Labute approximate surface area is 108 Å². The van der Waals surface area contributed by atoms with Gasteiger partial charge in [0.15, 0.2) is 0 Å². The summed E-state index contributed by atoms with van der Waals surface area (Å²) < 4.78 is 13.7. The molecular formula is C12H15BrFN3. The number of nitrogens with one attached hydrogen (secondary N) is 2. The van der Waals surface area contributed by atoms with Gasteiger partial charge in [0.1, 0.15) is 11.6 Å². The molecule has 17 heavy (non-hydrogen) atoms. The number of fused-ring (bicyclic) bond motifs is 1. The third kappa shape index (κ3) is 3.04. The van der Waals surface area contributed by atoms with E-state index in [4.69, 9.17) is 0 Å². The summed E-state index contributed by atoms with van der Waals surface area (Å²) >= 11 is 3.15. The summed E-state index contributed by atoms with van der Waals surface area (Å²) in [6.45, 7) is 5.91. The number of benzene rings is 1. The van der Waals surface area contributed by atoms with Crippen molar-refractivity contribution in [3.05, 3.63) is 28.2 Å². The number of imidazole rings is 1. The fourth-order valence-corrected chi connectivity index (χ4v) is 1.95. The Morgan fingerprint density at radius 1 is 1.47 bits per heavy atom. The average molecular weight is 300 g/mol. The number of rotatable bonds is 4. The molecule has 0 radical (unpaired) electrons. The molecule has 0 saturated carbocycles. The number of H-pyrrole nitrogens is 1. The molecule has 0 aliphatic heterocycles. The molecule has 0 amide bonds. The van der Waals surface area contributed by atoms with Crippen LogP contribution in [0.3, 0.4) is 0 Å². The molecule has 2 aromatic rings. The van der Waals surface area contributed by atoms with Crippen molar-refractivity contribution in [3.8, 4) is 0 Å². The van der Waals surface area contributed by atoms with Crippen molar-refractivity contribution in [2.24, 2.45) is 5.92 Å². The van der Waals surface area contributed by atoms with Gasteiger partial charge in [-0.05, 0) is 34.5 Å². The zero-order valence-corrected chi connectivity index (χ0v) is 11.4. The Hall–Kier alpha value is -0.940. The molecular weight excluding hydrogens is 285 g/mol. The number of hydrogen-bond acceptors (Lipinski definition) is 2. The largest absolute Gasteiger partial charge is 0.341 e. The van der Waals surface area contributed by atoms with Crippen LogP contribution in [-0.2, 0) is 6.54 Å². The number of aromatic amines is 1. The second-order valence-corrected chi connectivity index (χ2v) is 5.35. The van der Waals surface area contributed by atoms with Gasteiger partial charge in [-0.2, -0.15) is 0 Å². The van der Waals surface area contributed by atoms with Gasteiger partial charge in [0.2, 0.25) is 0 Å². The molecule has 0 fully saturated rings. The smallest absolute Gasteiger partial charge is 0.139 e. The lowest BCUT2D eigenvalue weighted by Crippen LogP contribution is -2.19. The fourth-order valence-electron chi connectivity index (χ4n) is 1.62. The Morgan fingerprint density at radius 3 is 2.94 bits per heavy atom. The van der Waals surface area contributed by atoms with Crippen molar-refractivity contribution in [2.45, 2.75) is 20.4 Å². The molecule has 0 aliphatic rings. The second-order valence-electron chi connectivity index (χ2n) is 4.49. The zero-order chi connectivity index (χ0) is 12.4. The number of aromatic nitrogens is 2. The predicted octanol–water partition coefficient (Wildman–Crippen LogP) is 3.21. The molecule has 1 aromatic heterocycles. The Morgan fingerprint density at radius 2 is 2.24 bits per heavy atom. The molecule has 0 bridgehead atoms. The molecule has 0 aliphatic carbocycles. The molecule has 0 saturated heterocycles. The van der Waals surface area contributed by atoms with Crippen molar-refractivity contribution in [3.63, 3.8) is 0 Å². The van der Waals surface area contributed by atoms with E-state index in [2.05, 4.69) is 45.1 Å². The van der Waals surface area contributed by atoms with Crippen LogP contribution in [0, 0.1) is 11.7 Å². The number of hydrogen-bond donors (Lipinski definition) is 2. The van der Waals surface area contributed by atoms with E-state index in [0.717, 1.165) is 23.4 Å². The van der Waals surface area contributed by atoms with E-state index in [1.54, 1.807) is 6.07 Å². The Balaban J connectivity index is 2.14. The molecule has 1 aromatic carbocycles. The highest BCUT2D eigenvalue weighted by molar-refractivity contribution is 9.10. The van der Waals surface area contributed by atoms with E-state index in [9.17, 15) is 4.39 Å². The minimum Gasteiger partial charge on any atom is -0.341 e. The van der Waals surface area contributed by atoms with Crippen LogP contribution < -0.4 is 5.32 Å². The SMILES string of the molecule is CC(C)CNCc1nc2cc(Br)c(F)cc2[nH]1. The summed E-state index contributed by atoms with van der Waals surface area (Å²) in [7, 11) is 0. The van der Waals surface area contributed by atoms with Crippen LogP contribution in [0.2, 0.25) is 0 Å². The van der Waals surface area contributed by atoms with Gasteiger partial charge in [0.05, 0.1) is 22.1 Å². The first-order valence-corrected chi connectivity index (χ1v) is 6.40. The van der Waals surface area contributed by atoms with Crippen molar-refractivity contribution >= 4 is 27.0 Å². The summed E-state index contributed by atoms with van der Waals surface area (Å²) in [4.78, 5) is 7.50. The first-order valence-electron chi connectivity index (χ1n) is 5.60. The summed E-state index contributed by atoms with van der Waals surface area (Å²) in [5.41, 5.74) is 1.51.